The van der Waals surface area contributed by atoms with Gasteiger partial charge in [0.2, 0.25) is 6.79 Å². The fraction of sp³-hybridized carbons (Fsp3) is 0.0500. The molecule has 9 heteroatoms. The average Bonchev–Trinajstić information content (AvgIpc) is 3.25. The highest BCUT2D eigenvalue weighted by Gasteiger charge is 2.33. The summed E-state index contributed by atoms with van der Waals surface area (Å²) in [5.74, 6) is 1.13. The molecule has 3 aromatic rings. The summed E-state index contributed by atoms with van der Waals surface area (Å²) in [6.45, 7) is 0.173. The van der Waals surface area contributed by atoms with Crippen LogP contribution >= 0.6 is 35.6 Å². The summed E-state index contributed by atoms with van der Waals surface area (Å²) >= 11 is 12.9. The number of pyridine rings is 1. The molecule has 6 nitrogen and oxygen atoms in total. The highest BCUT2D eigenvalue weighted by atomic mass is 35.5. The van der Waals surface area contributed by atoms with Crippen molar-refractivity contribution in [2.45, 2.75) is 0 Å². The molecule has 1 N–H and O–H groups in total. The number of phenolic OH excluding ortho intramolecular Hbond substituents is 1. The number of aromatic hydroxyl groups is 1. The van der Waals surface area contributed by atoms with E-state index in [9.17, 15) is 9.90 Å². The number of fused-ring (bicyclic) bond motifs is 2. The predicted octanol–water partition coefficient (Wildman–Crippen LogP) is 4.73. The van der Waals surface area contributed by atoms with Crippen molar-refractivity contribution < 1.29 is 19.4 Å². The minimum absolute atomic E-state index is 0.115. The van der Waals surface area contributed by atoms with Gasteiger partial charge in [-0.05, 0) is 42.5 Å². The third-order valence-electron chi connectivity index (χ3n) is 4.48. The Balaban J connectivity index is 1.53. The first-order chi connectivity index (χ1) is 14.0. The molecule has 0 aliphatic carbocycles. The Kier molecular flexibility index (Phi) is 4.34. The molecule has 2 aliphatic rings. The van der Waals surface area contributed by atoms with E-state index in [1.807, 2.05) is 12.1 Å². The van der Waals surface area contributed by atoms with Crippen LogP contribution in [0.3, 0.4) is 0 Å². The van der Waals surface area contributed by atoms with Crippen molar-refractivity contribution in [2.75, 3.05) is 11.7 Å². The smallest absolute Gasteiger partial charge is 0.270 e. The third-order valence-corrected chi connectivity index (χ3v) is 6.08. The summed E-state index contributed by atoms with van der Waals surface area (Å²) in [6.07, 6.45) is 1.68. The molecular weight excluding hydrogens is 432 g/mol. The van der Waals surface area contributed by atoms with Crippen molar-refractivity contribution >= 4 is 68.5 Å². The first-order valence-electron chi connectivity index (χ1n) is 8.46. The molecule has 29 heavy (non-hydrogen) atoms. The van der Waals surface area contributed by atoms with Gasteiger partial charge < -0.3 is 14.6 Å². The highest BCUT2D eigenvalue weighted by Crippen LogP contribution is 2.39. The lowest BCUT2D eigenvalue weighted by molar-refractivity contribution is -0.113. The number of rotatable bonds is 2. The van der Waals surface area contributed by atoms with Crippen LogP contribution in [0.15, 0.2) is 47.4 Å². The second kappa shape index (κ2) is 6.91. The van der Waals surface area contributed by atoms with E-state index in [1.54, 1.807) is 24.3 Å². The zero-order valence-corrected chi connectivity index (χ0v) is 17.0. The lowest BCUT2D eigenvalue weighted by atomic mass is 10.1. The largest absolute Gasteiger partial charge is 0.508 e. The quantitative estimate of drug-likeness (QED) is 0.349. The molecular formula is C20H11ClN2O4S2. The van der Waals surface area contributed by atoms with Gasteiger partial charge in [-0.15, -0.1) is 0 Å². The number of thiocarbonyl (C=S) groups is 1. The summed E-state index contributed by atoms with van der Waals surface area (Å²) in [5, 5.41) is 10.6. The van der Waals surface area contributed by atoms with Gasteiger partial charge in [0, 0.05) is 17.0 Å². The standard InChI is InChI=1S/C20H11ClN2O4S2/c21-18-11(5-10-6-15-16(27-9-26-15)8-14(10)22-18)7-17-19(25)23(20(28)29-17)12-1-3-13(24)4-2-12/h1-8,24H,9H2/b17-7+. The zero-order valence-electron chi connectivity index (χ0n) is 14.6. The number of aromatic nitrogens is 1. The monoisotopic (exact) mass is 442 g/mol. The van der Waals surface area contributed by atoms with Gasteiger partial charge in [0.05, 0.1) is 16.1 Å². The normalized spacial score (nSPS) is 17.0. The van der Waals surface area contributed by atoms with Gasteiger partial charge in [0.25, 0.3) is 5.91 Å². The number of thioether (sulfide) groups is 1. The summed E-state index contributed by atoms with van der Waals surface area (Å²) in [6, 6.07) is 11.7. The Hall–Kier alpha value is -2.81. The molecule has 5 rings (SSSR count). The first-order valence-corrected chi connectivity index (χ1v) is 10.1. The second-order valence-electron chi connectivity index (χ2n) is 6.30. The van der Waals surface area contributed by atoms with Gasteiger partial charge in [0.1, 0.15) is 10.9 Å². The molecule has 0 unspecified atom stereocenters. The van der Waals surface area contributed by atoms with Crippen LogP contribution in [0, 0.1) is 0 Å². The summed E-state index contributed by atoms with van der Waals surface area (Å²) < 4.78 is 11.2. The van der Waals surface area contributed by atoms with Gasteiger partial charge in [-0.2, -0.15) is 0 Å². The fourth-order valence-electron chi connectivity index (χ4n) is 3.09. The summed E-state index contributed by atoms with van der Waals surface area (Å²) in [5.41, 5.74) is 1.86. The number of carbonyl (C=O) groups excluding carboxylic acids is 1. The molecule has 0 radical (unpaired) electrons. The van der Waals surface area contributed by atoms with Crippen molar-refractivity contribution in [3.05, 3.63) is 58.1 Å². The highest BCUT2D eigenvalue weighted by molar-refractivity contribution is 8.27. The maximum atomic E-state index is 12.9. The van der Waals surface area contributed by atoms with Gasteiger partial charge in [-0.25, -0.2) is 4.98 Å². The number of carbonyl (C=O) groups is 1. The van der Waals surface area contributed by atoms with Crippen molar-refractivity contribution in [1.82, 2.24) is 4.98 Å². The molecule has 1 aromatic heterocycles. The predicted molar refractivity (Wildman–Crippen MR) is 117 cm³/mol. The SMILES string of the molecule is O=C1/C(=C\c2cc3cc4c(cc3nc2Cl)OCO4)SC(=S)N1c1ccc(O)cc1. The lowest BCUT2D eigenvalue weighted by Crippen LogP contribution is -2.27. The minimum atomic E-state index is -0.257. The number of hydrogen-bond donors (Lipinski definition) is 1. The molecule has 1 fully saturated rings. The number of halogens is 1. The Morgan fingerprint density at radius 1 is 1.17 bits per heavy atom. The minimum Gasteiger partial charge on any atom is -0.508 e. The molecule has 144 valence electrons. The maximum Gasteiger partial charge on any atom is 0.270 e. The van der Waals surface area contributed by atoms with Crippen LogP contribution in [0.4, 0.5) is 5.69 Å². The van der Waals surface area contributed by atoms with E-state index in [-0.39, 0.29) is 23.6 Å². The maximum absolute atomic E-state index is 12.9. The fourth-order valence-corrected chi connectivity index (χ4v) is 4.58. The van der Waals surface area contributed by atoms with E-state index in [0.717, 1.165) is 5.39 Å². The number of benzene rings is 2. The molecule has 0 saturated carbocycles. The Bertz CT molecular complexity index is 1230. The molecule has 2 aromatic carbocycles. The lowest BCUT2D eigenvalue weighted by Gasteiger charge is -2.14. The van der Waals surface area contributed by atoms with Gasteiger partial charge in [0.15, 0.2) is 15.8 Å². The van der Waals surface area contributed by atoms with E-state index in [1.165, 1.54) is 28.8 Å². The number of nitrogens with zero attached hydrogens (tertiary/aromatic N) is 2. The van der Waals surface area contributed by atoms with Crippen molar-refractivity contribution in [2.24, 2.45) is 0 Å². The zero-order chi connectivity index (χ0) is 20.1. The van der Waals surface area contributed by atoms with Crippen LogP contribution in [-0.2, 0) is 4.79 Å². The molecule has 3 heterocycles. The van der Waals surface area contributed by atoms with E-state index in [4.69, 9.17) is 33.3 Å². The van der Waals surface area contributed by atoms with E-state index >= 15 is 0 Å². The Morgan fingerprint density at radius 3 is 2.66 bits per heavy atom. The van der Waals surface area contributed by atoms with Gasteiger partial charge in [-0.1, -0.05) is 35.6 Å². The van der Waals surface area contributed by atoms with Gasteiger partial charge in [-0.3, -0.25) is 9.69 Å². The van der Waals surface area contributed by atoms with Crippen LogP contribution in [0.5, 0.6) is 17.2 Å². The third kappa shape index (κ3) is 3.19. The average molecular weight is 443 g/mol. The second-order valence-corrected chi connectivity index (χ2v) is 8.33. The molecule has 0 spiro atoms. The van der Waals surface area contributed by atoms with Gasteiger partial charge >= 0.3 is 0 Å². The van der Waals surface area contributed by atoms with E-state index in [2.05, 4.69) is 4.98 Å². The molecule has 1 amide bonds. The number of amides is 1. The van der Waals surface area contributed by atoms with Crippen LogP contribution in [-0.4, -0.2) is 27.1 Å². The summed E-state index contributed by atoms with van der Waals surface area (Å²) in [7, 11) is 0. The topological polar surface area (TPSA) is 71.9 Å². The number of hydrogen-bond acceptors (Lipinski definition) is 7. The van der Waals surface area contributed by atoms with E-state index in [0.29, 0.717) is 37.5 Å². The summed E-state index contributed by atoms with van der Waals surface area (Å²) in [4.78, 5) is 19.2. The number of ether oxygens (including phenoxy) is 2. The molecule has 2 aliphatic heterocycles. The molecule has 0 bridgehead atoms. The van der Waals surface area contributed by atoms with Crippen molar-refractivity contribution in [1.29, 1.82) is 0 Å². The molecule has 0 atom stereocenters. The van der Waals surface area contributed by atoms with E-state index < -0.39 is 0 Å². The van der Waals surface area contributed by atoms with Crippen molar-refractivity contribution in [3.63, 3.8) is 0 Å². The number of phenols is 1. The van der Waals surface area contributed by atoms with Crippen LogP contribution in [0.2, 0.25) is 5.15 Å². The Morgan fingerprint density at radius 2 is 1.90 bits per heavy atom. The van der Waals surface area contributed by atoms with Crippen LogP contribution in [0.1, 0.15) is 5.56 Å². The van der Waals surface area contributed by atoms with Crippen LogP contribution < -0.4 is 14.4 Å². The molecule has 1 saturated heterocycles. The number of anilines is 1. The van der Waals surface area contributed by atoms with Crippen molar-refractivity contribution in [3.8, 4) is 17.2 Å². The first kappa shape index (κ1) is 18.2. The van der Waals surface area contributed by atoms with Crippen LogP contribution in [0.25, 0.3) is 17.0 Å². The Labute approximate surface area is 179 Å².